The maximum Gasteiger partial charge on any atom is 0.222 e. The van der Waals surface area contributed by atoms with Crippen LogP contribution in [0.1, 0.15) is 25.3 Å². The predicted molar refractivity (Wildman–Crippen MR) is 82.1 cm³/mol. The summed E-state index contributed by atoms with van der Waals surface area (Å²) in [7, 11) is -3.46. The van der Waals surface area contributed by atoms with Crippen molar-refractivity contribution in [1.29, 1.82) is 0 Å². The number of hydrogen-bond acceptors (Lipinski definition) is 3. The first-order chi connectivity index (χ1) is 10.4. The first-order valence-corrected chi connectivity index (χ1v) is 9.03. The number of nitrogens with zero attached hydrogens (tertiary/aromatic N) is 2. The molecule has 0 atom stereocenters. The highest BCUT2D eigenvalue weighted by molar-refractivity contribution is 7.88. The van der Waals surface area contributed by atoms with Crippen LogP contribution in [-0.4, -0.2) is 49.7 Å². The maximum absolute atomic E-state index is 12.9. The molecule has 1 amide bonds. The van der Waals surface area contributed by atoms with Gasteiger partial charge in [-0.05, 0) is 24.1 Å². The molecule has 1 heterocycles. The molecule has 1 aliphatic rings. The van der Waals surface area contributed by atoms with Crippen LogP contribution in [0.5, 0.6) is 0 Å². The van der Waals surface area contributed by atoms with Gasteiger partial charge in [0.15, 0.2) is 0 Å². The summed E-state index contributed by atoms with van der Waals surface area (Å²) < 4.78 is 39.2. The van der Waals surface area contributed by atoms with E-state index in [1.165, 1.54) is 28.6 Å². The molecule has 0 bridgehead atoms. The average Bonchev–Trinajstić information content (AvgIpc) is 2.75. The first-order valence-electron chi connectivity index (χ1n) is 7.42. The zero-order valence-corrected chi connectivity index (χ0v) is 13.5. The number of rotatable bonds is 4. The highest BCUT2D eigenvalue weighted by atomic mass is 32.2. The Morgan fingerprint density at radius 1 is 1.14 bits per heavy atom. The lowest BCUT2D eigenvalue weighted by molar-refractivity contribution is -0.130. The number of sulfonamides is 1. The van der Waals surface area contributed by atoms with Gasteiger partial charge in [0.25, 0.3) is 0 Å². The van der Waals surface area contributed by atoms with E-state index >= 15 is 0 Å². The molecule has 1 aliphatic heterocycles. The Morgan fingerprint density at radius 2 is 1.82 bits per heavy atom. The standard InChI is InChI=1S/C15H21FN2O3S/c1-2-15(19)17-8-3-9-18(11-10-17)22(20,21)12-13-4-6-14(16)7-5-13/h4-7H,2-3,8-12H2,1H3. The minimum atomic E-state index is -3.46. The molecule has 0 N–H and O–H groups in total. The number of carbonyl (C=O) groups excluding carboxylic acids is 1. The number of benzene rings is 1. The summed E-state index contributed by atoms with van der Waals surface area (Å²) in [6, 6.07) is 5.49. The Morgan fingerprint density at radius 3 is 2.45 bits per heavy atom. The number of hydrogen-bond donors (Lipinski definition) is 0. The van der Waals surface area contributed by atoms with Gasteiger partial charge < -0.3 is 4.90 Å². The third kappa shape index (κ3) is 4.27. The van der Waals surface area contributed by atoms with Crippen molar-refractivity contribution in [2.75, 3.05) is 26.2 Å². The fourth-order valence-electron chi connectivity index (χ4n) is 2.53. The molecule has 1 saturated heterocycles. The van der Waals surface area contributed by atoms with Gasteiger partial charge in [0, 0.05) is 32.6 Å². The van der Waals surface area contributed by atoms with Gasteiger partial charge in [0.1, 0.15) is 5.82 Å². The van der Waals surface area contributed by atoms with Gasteiger partial charge in [-0.25, -0.2) is 12.8 Å². The van der Waals surface area contributed by atoms with Crippen molar-refractivity contribution in [3.8, 4) is 0 Å². The summed E-state index contributed by atoms with van der Waals surface area (Å²) in [5, 5.41) is 0. The molecular formula is C15H21FN2O3S. The summed E-state index contributed by atoms with van der Waals surface area (Å²) >= 11 is 0. The fourth-order valence-corrected chi connectivity index (χ4v) is 4.09. The second-order valence-corrected chi connectivity index (χ2v) is 7.34. The smallest absolute Gasteiger partial charge is 0.222 e. The molecule has 0 aromatic heterocycles. The van der Waals surface area contributed by atoms with E-state index in [1.54, 1.807) is 11.8 Å². The van der Waals surface area contributed by atoms with Crippen LogP contribution in [0, 0.1) is 5.82 Å². The Bertz CT molecular complexity index is 616. The molecule has 122 valence electrons. The van der Waals surface area contributed by atoms with Crippen LogP contribution in [0.2, 0.25) is 0 Å². The molecule has 0 spiro atoms. The lowest BCUT2D eigenvalue weighted by Gasteiger charge is -2.21. The normalized spacial score (nSPS) is 17.3. The minimum Gasteiger partial charge on any atom is -0.341 e. The van der Waals surface area contributed by atoms with E-state index in [2.05, 4.69) is 0 Å². The van der Waals surface area contributed by atoms with Crippen molar-refractivity contribution in [3.63, 3.8) is 0 Å². The van der Waals surface area contributed by atoms with Gasteiger partial charge in [0.05, 0.1) is 5.75 Å². The number of amides is 1. The minimum absolute atomic E-state index is 0.0535. The first kappa shape index (κ1) is 16.9. The SMILES string of the molecule is CCC(=O)N1CCCN(S(=O)(=O)Cc2ccc(F)cc2)CC1. The van der Waals surface area contributed by atoms with E-state index in [4.69, 9.17) is 0 Å². The molecule has 1 aromatic carbocycles. The average molecular weight is 328 g/mol. The second kappa shape index (κ2) is 7.19. The van der Waals surface area contributed by atoms with Crippen molar-refractivity contribution < 1.29 is 17.6 Å². The van der Waals surface area contributed by atoms with Gasteiger partial charge >= 0.3 is 0 Å². The lowest BCUT2D eigenvalue weighted by atomic mass is 10.2. The highest BCUT2D eigenvalue weighted by Gasteiger charge is 2.26. The second-order valence-electron chi connectivity index (χ2n) is 5.37. The Kier molecular flexibility index (Phi) is 5.52. The number of halogens is 1. The van der Waals surface area contributed by atoms with E-state index < -0.39 is 10.0 Å². The van der Waals surface area contributed by atoms with Crippen molar-refractivity contribution >= 4 is 15.9 Å². The van der Waals surface area contributed by atoms with Crippen LogP contribution in [0.15, 0.2) is 24.3 Å². The van der Waals surface area contributed by atoms with Gasteiger partial charge in [-0.2, -0.15) is 4.31 Å². The van der Waals surface area contributed by atoms with E-state index in [1.807, 2.05) is 0 Å². The van der Waals surface area contributed by atoms with Crippen LogP contribution in [0.3, 0.4) is 0 Å². The van der Waals surface area contributed by atoms with Gasteiger partial charge in [-0.3, -0.25) is 4.79 Å². The molecule has 1 aromatic rings. The summed E-state index contributed by atoms with van der Waals surface area (Å²) in [5.41, 5.74) is 0.562. The molecule has 0 aliphatic carbocycles. The van der Waals surface area contributed by atoms with E-state index in [-0.39, 0.29) is 17.5 Å². The molecule has 7 heteroatoms. The van der Waals surface area contributed by atoms with Crippen molar-refractivity contribution in [1.82, 2.24) is 9.21 Å². The van der Waals surface area contributed by atoms with E-state index in [0.717, 1.165) is 0 Å². The van der Waals surface area contributed by atoms with E-state index in [9.17, 15) is 17.6 Å². The fraction of sp³-hybridized carbons (Fsp3) is 0.533. The molecule has 5 nitrogen and oxygen atoms in total. The molecule has 0 saturated carbocycles. The molecule has 0 radical (unpaired) electrons. The molecule has 2 rings (SSSR count). The molecule has 1 fully saturated rings. The van der Waals surface area contributed by atoms with Crippen LogP contribution in [0.25, 0.3) is 0 Å². The lowest BCUT2D eigenvalue weighted by Crippen LogP contribution is -2.37. The van der Waals surface area contributed by atoms with Crippen LogP contribution < -0.4 is 0 Å². The summed E-state index contributed by atoms with van der Waals surface area (Å²) in [4.78, 5) is 13.4. The van der Waals surface area contributed by atoms with Gasteiger partial charge in [-0.15, -0.1) is 0 Å². The molecule has 0 unspecified atom stereocenters. The van der Waals surface area contributed by atoms with E-state index in [0.29, 0.717) is 44.6 Å². The molecule has 22 heavy (non-hydrogen) atoms. The van der Waals surface area contributed by atoms with Crippen LogP contribution >= 0.6 is 0 Å². The van der Waals surface area contributed by atoms with Crippen molar-refractivity contribution in [2.45, 2.75) is 25.5 Å². The zero-order chi connectivity index (χ0) is 16.2. The predicted octanol–water partition coefficient (Wildman–Crippen LogP) is 1.60. The van der Waals surface area contributed by atoms with Crippen molar-refractivity contribution in [3.05, 3.63) is 35.6 Å². The Hall–Kier alpha value is -1.47. The van der Waals surface area contributed by atoms with Gasteiger partial charge in [0.2, 0.25) is 15.9 Å². The largest absolute Gasteiger partial charge is 0.341 e. The summed E-state index contributed by atoms with van der Waals surface area (Å²) in [6.45, 7) is 3.55. The van der Waals surface area contributed by atoms with Gasteiger partial charge in [-0.1, -0.05) is 19.1 Å². The number of carbonyl (C=O) groups is 1. The Balaban J connectivity index is 2.03. The quantitative estimate of drug-likeness (QED) is 0.843. The topological polar surface area (TPSA) is 57.7 Å². The Labute approximate surface area is 130 Å². The maximum atomic E-state index is 12.9. The third-order valence-electron chi connectivity index (χ3n) is 3.77. The van der Waals surface area contributed by atoms with Crippen LogP contribution in [-0.2, 0) is 20.6 Å². The molecular weight excluding hydrogens is 307 g/mol. The van der Waals surface area contributed by atoms with Crippen LogP contribution in [0.4, 0.5) is 4.39 Å². The third-order valence-corrected chi connectivity index (χ3v) is 5.62. The monoisotopic (exact) mass is 328 g/mol. The zero-order valence-electron chi connectivity index (χ0n) is 12.7. The van der Waals surface area contributed by atoms with Crippen molar-refractivity contribution in [2.24, 2.45) is 0 Å². The summed E-state index contributed by atoms with van der Waals surface area (Å²) in [5.74, 6) is -0.475. The highest BCUT2D eigenvalue weighted by Crippen LogP contribution is 2.15. The summed E-state index contributed by atoms with van der Waals surface area (Å²) in [6.07, 6.45) is 1.07.